The highest BCUT2D eigenvalue weighted by molar-refractivity contribution is 5.78. The van der Waals surface area contributed by atoms with Crippen LogP contribution in [0.2, 0.25) is 0 Å². The number of nitro benzene ring substituents is 1. The van der Waals surface area contributed by atoms with Gasteiger partial charge in [0.15, 0.2) is 0 Å². The third-order valence-corrected chi connectivity index (χ3v) is 4.01. The average molecular weight is 346 g/mol. The van der Waals surface area contributed by atoms with E-state index in [0.717, 1.165) is 22.5 Å². The third kappa shape index (κ3) is 4.87. The van der Waals surface area contributed by atoms with Gasteiger partial charge in [0.25, 0.3) is 5.69 Å². The number of hydrogen-bond donors (Lipinski definition) is 1. The Morgan fingerprint density at radius 3 is 2.60 bits per heavy atom. The molecule has 1 N–H and O–H groups in total. The van der Waals surface area contributed by atoms with Gasteiger partial charge in [0.1, 0.15) is 0 Å². The Labute approximate surface area is 145 Å². The van der Waals surface area contributed by atoms with Crippen LogP contribution in [0.5, 0.6) is 0 Å². The van der Waals surface area contributed by atoms with Crippen LogP contribution in [0.4, 0.5) is 5.69 Å². The fourth-order valence-electron chi connectivity index (χ4n) is 2.56. The molecule has 8 heteroatoms. The van der Waals surface area contributed by atoms with Gasteiger partial charge in [-0.1, -0.05) is 12.1 Å². The maximum Gasteiger partial charge on any atom is 0.269 e. The number of aromatic nitrogens is 2. The highest BCUT2D eigenvalue weighted by atomic mass is 16.6. The second-order valence-corrected chi connectivity index (χ2v) is 5.74. The summed E-state index contributed by atoms with van der Waals surface area (Å²) in [6.07, 6.45) is 0.175. The summed E-state index contributed by atoms with van der Waals surface area (Å²) in [4.78, 5) is 22.3. The Morgan fingerprint density at radius 1 is 1.32 bits per heavy atom. The molecule has 0 bridgehead atoms. The zero-order valence-corrected chi connectivity index (χ0v) is 14.6. The van der Waals surface area contributed by atoms with Crippen molar-refractivity contribution in [3.63, 3.8) is 0 Å². The summed E-state index contributed by atoms with van der Waals surface area (Å²) < 4.78 is 6.94. The number of amides is 1. The van der Waals surface area contributed by atoms with Crippen molar-refractivity contribution in [2.45, 2.75) is 33.4 Å². The molecule has 25 heavy (non-hydrogen) atoms. The van der Waals surface area contributed by atoms with Crippen molar-refractivity contribution in [1.29, 1.82) is 0 Å². The first-order valence-electron chi connectivity index (χ1n) is 7.94. The number of non-ortho nitro benzene ring substituents is 1. The number of benzene rings is 1. The van der Waals surface area contributed by atoms with E-state index in [0.29, 0.717) is 19.7 Å². The standard InChI is InChI=1S/C17H22N4O4/c1-12-16(13(2)20(19-12)8-9-25-3)11-18-17(22)10-14-4-6-15(7-5-14)21(23)24/h4-7H,8-11H2,1-3H3,(H,18,22). The van der Waals surface area contributed by atoms with Gasteiger partial charge >= 0.3 is 0 Å². The monoisotopic (exact) mass is 346 g/mol. The molecule has 1 aromatic carbocycles. The first-order chi connectivity index (χ1) is 11.9. The zero-order valence-electron chi connectivity index (χ0n) is 14.6. The lowest BCUT2D eigenvalue weighted by atomic mass is 10.1. The van der Waals surface area contributed by atoms with Crippen molar-refractivity contribution in [3.8, 4) is 0 Å². The molecule has 0 saturated heterocycles. The Bertz CT molecular complexity index is 753. The highest BCUT2D eigenvalue weighted by Gasteiger charge is 2.13. The van der Waals surface area contributed by atoms with Crippen molar-refractivity contribution >= 4 is 11.6 Å². The molecule has 0 fully saturated rings. The molecule has 1 amide bonds. The molecule has 2 aromatic rings. The molecule has 0 spiro atoms. The van der Waals surface area contributed by atoms with Crippen molar-refractivity contribution in [2.24, 2.45) is 0 Å². The van der Waals surface area contributed by atoms with E-state index in [9.17, 15) is 14.9 Å². The number of aryl methyl sites for hydroxylation is 1. The molecule has 1 aromatic heterocycles. The molecule has 0 aliphatic carbocycles. The second-order valence-electron chi connectivity index (χ2n) is 5.74. The number of methoxy groups -OCH3 is 1. The van der Waals surface area contributed by atoms with Gasteiger partial charge in [0, 0.05) is 37.0 Å². The molecular weight excluding hydrogens is 324 g/mol. The second kappa shape index (κ2) is 8.39. The first kappa shape index (κ1) is 18.6. The Morgan fingerprint density at radius 2 is 2.00 bits per heavy atom. The van der Waals surface area contributed by atoms with Gasteiger partial charge in [-0.25, -0.2) is 0 Å². The van der Waals surface area contributed by atoms with Gasteiger partial charge in [-0.05, 0) is 19.4 Å². The van der Waals surface area contributed by atoms with Gasteiger partial charge in [-0.15, -0.1) is 0 Å². The molecule has 0 atom stereocenters. The smallest absolute Gasteiger partial charge is 0.269 e. The van der Waals surface area contributed by atoms with Gasteiger partial charge in [-0.2, -0.15) is 5.10 Å². The van der Waals surface area contributed by atoms with Gasteiger partial charge in [0.05, 0.1) is 30.2 Å². The molecule has 0 aliphatic heterocycles. The number of carbonyl (C=O) groups excluding carboxylic acids is 1. The number of nitrogens with zero attached hydrogens (tertiary/aromatic N) is 3. The van der Waals surface area contributed by atoms with E-state index >= 15 is 0 Å². The predicted molar refractivity (Wildman–Crippen MR) is 92.2 cm³/mol. The van der Waals surface area contributed by atoms with Crippen LogP contribution >= 0.6 is 0 Å². The topological polar surface area (TPSA) is 99.3 Å². The molecule has 0 aliphatic rings. The minimum atomic E-state index is -0.462. The number of nitrogens with one attached hydrogen (secondary N) is 1. The summed E-state index contributed by atoms with van der Waals surface area (Å²) in [7, 11) is 1.64. The molecule has 0 radical (unpaired) electrons. The maximum absolute atomic E-state index is 12.1. The maximum atomic E-state index is 12.1. The van der Waals surface area contributed by atoms with Gasteiger partial charge in [-0.3, -0.25) is 19.6 Å². The van der Waals surface area contributed by atoms with Crippen molar-refractivity contribution in [1.82, 2.24) is 15.1 Å². The summed E-state index contributed by atoms with van der Waals surface area (Å²) in [5.41, 5.74) is 3.62. The fourth-order valence-corrected chi connectivity index (χ4v) is 2.56. The average Bonchev–Trinajstić information content (AvgIpc) is 2.85. The summed E-state index contributed by atoms with van der Waals surface area (Å²) >= 11 is 0. The van der Waals surface area contributed by atoms with Crippen molar-refractivity contribution in [3.05, 3.63) is 56.9 Å². The van der Waals surface area contributed by atoms with E-state index in [4.69, 9.17) is 4.74 Å². The van der Waals surface area contributed by atoms with Crippen LogP contribution in [0.1, 0.15) is 22.5 Å². The SMILES string of the molecule is COCCn1nc(C)c(CNC(=O)Cc2ccc([N+](=O)[O-])cc2)c1C. The molecule has 134 valence electrons. The fraction of sp³-hybridized carbons (Fsp3) is 0.412. The van der Waals surface area contributed by atoms with Crippen LogP contribution in [0.15, 0.2) is 24.3 Å². The van der Waals surface area contributed by atoms with Crippen LogP contribution in [-0.4, -0.2) is 34.3 Å². The van der Waals surface area contributed by atoms with Crippen LogP contribution in [0.3, 0.4) is 0 Å². The molecular formula is C17H22N4O4. The van der Waals surface area contributed by atoms with E-state index in [-0.39, 0.29) is 18.0 Å². The summed E-state index contributed by atoms with van der Waals surface area (Å²) in [5, 5.41) is 18.0. The largest absolute Gasteiger partial charge is 0.383 e. The number of hydrogen-bond acceptors (Lipinski definition) is 5. The minimum Gasteiger partial charge on any atom is -0.383 e. The Balaban J connectivity index is 1.93. The number of ether oxygens (including phenoxy) is 1. The third-order valence-electron chi connectivity index (χ3n) is 4.01. The van der Waals surface area contributed by atoms with Crippen LogP contribution in [0, 0.1) is 24.0 Å². The molecule has 8 nitrogen and oxygen atoms in total. The number of carbonyl (C=O) groups is 1. The molecule has 2 rings (SSSR count). The van der Waals surface area contributed by atoms with Crippen LogP contribution < -0.4 is 5.32 Å². The van der Waals surface area contributed by atoms with Gasteiger partial charge in [0.2, 0.25) is 5.91 Å². The highest BCUT2D eigenvalue weighted by Crippen LogP contribution is 2.14. The first-order valence-corrected chi connectivity index (χ1v) is 7.94. The zero-order chi connectivity index (χ0) is 18.4. The summed E-state index contributed by atoms with van der Waals surface area (Å²) in [6, 6.07) is 5.99. The molecule has 0 saturated carbocycles. The van der Waals surface area contributed by atoms with E-state index in [1.54, 1.807) is 19.2 Å². The van der Waals surface area contributed by atoms with E-state index < -0.39 is 4.92 Å². The van der Waals surface area contributed by atoms with E-state index in [1.165, 1.54) is 12.1 Å². The van der Waals surface area contributed by atoms with E-state index in [2.05, 4.69) is 10.4 Å². The number of nitro groups is 1. The summed E-state index contributed by atoms with van der Waals surface area (Å²) in [5.74, 6) is -0.141. The van der Waals surface area contributed by atoms with E-state index in [1.807, 2.05) is 18.5 Å². The van der Waals surface area contributed by atoms with Crippen molar-refractivity contribution in [2.75, 3.05) is 13.7 Å². The predicted octanol–water partition coefficient (Wildman–Crippen LogP) is 1.91. The lowest BCUT2D eigenvalue weighted by molar-refractivity contribution is -0.384. The molecule has 0 unspecified atom stereocenters. The minimum absolute atomic E-state index is 0.0129. The van der Waals surface area contributed by atoms with Crippen molar-refractivity contribution < 1.29 is 14.5 Å². The normalized spacial score (nSPS) is 10.7. The quantitative estimate of drug-likeness (QED) is 0.581. The van der Waals surface area contributed by atoms with Crippen LogP contribution in [-0.2, 0) is 29.0 Å². The Hall–Kier alpha value is -2.74. The van der Waals surface area contributed by atoms with Crippen LogP contribution in [0.25, 0.3) is 0 Å². The summed E-state index contributed by atoms with van der Waals surface area (Å²) in [6.45, 7) is 5.52. The van der Waals surface area contributed by atoms with Gasteiger partial charge < -0.3 is 10.1 Å². The lowest BCUT2D eigenvalue weighted by Gasteiger charge is -2.07. The number of rotatable bonds is 8. The molecule has 1 heterocycles. The lowest BCUT2D eigenvalue weighted by Crippen LogP contribution is -2.25. The Kier molecular flexibility index (Phi) is 6.24.